The van der Waals surface area contributed by atoms with Gasteiger partial charge >= 0.3 is 11.9 Å². The first-order chi connectivity index (χ1) is 15.6. The zero-order valence-electron chi connectivity index (χ0n) is 20.7. The van der Waals surface area contributed by atoms with Crippen LogP contribution in [0.15, 0.2) is 24.3 Å². The molecule has 32 heavy (non-hydrogen) atoms. The third kappa shape index (κ3) is 21.6. The van der Waals surface area contributed by atoms with Crippen molar-refractivity contribution in [3.63, 3.8) is 0 Å². The summed E-state index contributed by atoms with van der Waals surface area (Å²) >= 11 is 0. The number of carbonyl (C=O) groups excluding carboxylic acids is 2. The third-order valence-corrected chi connectivity index (χ3v) is 5.25. The highest BCUT2D eigenvalue weighted by atomic mass is 16.6. The Morgan fingerprint density at radius 3 is 1.94 bits per heavy atom. The molecule has 0 aliphatic rings. The van der Waals surface area contributed by atoms with E-state index in [1.165, 1.54) is 32.1 Å². The summed E-state index contributed by atoms with van der Waals surface area (Å²) in [4.78, 5) is 23.6. The molecule has 5 heteroatoms. The van der Waals surface area contributed by atoms with Gasteiger partial charge in [-0.25, -0.2) is 0 Å². The van der Waals surface area contributed by atoms with Crippen LogP contribution in [0, 0.1) is 0 Å². The second-order valence-electron chi connectivity index (χ2n) is 8.42. The number of carbonyl (C=O) groups is 2. The lowest BCUT2D eigenvalue weighted by atomic mass is 10.1. The Balaban J connectivity index is 3.63. The highest BCUT2D eigenvalue weighted by Gasteiger charge is 2.15. The van der Waals surface area contributed by atoms with Crippen LogP contribution in [-0.4, -0.2) is 36.4 Å². The average Bonchev–Trinajstić information content (AvgIpc) is 2.79. The highest BCUT2D eigenvalue weighted by molar-refractivity contribution is 5.70. The smallest absolute Gasteiger partial charge is 0.306 e. The lowest BCUT2D eigenvalue weighted by Crippen LogP contribution is -2.28. The fourth-order valence-corrected chi connectivity index (χ4v) is 3.21. The molecule has 0 saturated carbocycles. The Labute approximate surface area is 196 Å². The van der Waals surface area contributed by atoms with Gasteiger partial charge in [0.2, 0.25) is 0 Å². The largest absolute Gasteiger partial charge is 0.462 e. The van der Waals surface area contributed by atoms with Gasteiger partial charge in [0.25, 0.3) is 0 Å². The highest BCUT2D eigenvalue weighted by Crippen LogP contribution is 2.10. The summed E-state index contributed by atoms with van der Waals surface area (Å²) in [5.41, 5.74) is 0. The van der Waals surface area contributed by atoms with Crippen LogP contribution in [0.2, 0.25) is 0 Å². The van der Waals surface area contributed by atoms with Gasteiger partial charge in [0.15, 0.2) is 6.10 Å². The predicted molar refractivity (Wildman–Crippen MR) is 131 cm³/mol. The summed E-state index contributed by atoms with van der Waals surface area (Å²) in [5.74, 6) is -0.633. The molecule has 0 spiro atoms. The van der Waals surface area contributed by atoms with E-state index in [1.807, 2.05) is 0 Å². The molecule has 186 valence electrons. The first-order valence-electron chi connectivity index (χ1n) is 12.9. The number of unbranched alkanes of at least 4 members (excludes halogenated alkanes) is 10. The quantitative estimate of drug-likeness (QED) is 0.111. The molecule has 0 fully saturated rings. The molecule has 0 aromatic rings. The minimum absolute atomic E-state index is 0.0725. The van der Waals surface area contributed by atoms with E-state index in [2.05, 4.69) is 38.2 Å². The molecule has 0 aliphatic heterocycles. The Hall–Kier alpha value is -1.62. The number of aliphatic hydroxyl groups excluding tert-OH is 1. The maximum atomic E-state index is 11.9. The number of hydrogen-bond acceptors (Lipinski definition) is 5. The molecule has 0 aliphatic carbocycles. The van der Waals surface area contributed by atoms with Crippen molar-refractivity contribution in [1.29, 1.82) is 0 Å². The van der Waals surface area contributed by atoms with Gasteiger partial charge in [-0.05, 0) is 38.5 Å². The molecule has 0 aromatic carbocycles. The zero-order valence-corrected chi connectivity index (χ0v) is 20.7. The van der Waals surface area contributed by atoms with Crippen molar-refractivity contribution in [3.8, 4) is 0 Å². The SMILES string of the molecule is CCCC/C=C\C/C=C\CCCCCCCC(=O)OC(CO)COC(=O)CCCCCC. The summed E-state index contributed by atoms with van der Waals surface area (Å²) in [6.07, 6.45) is 24.1. The summed E-state index contributed by atoms with van der Waals surface area (Å²) in [6.45, 7) is 3.92. The number of rotatable bonds is 22. The van der Waals surface area contributed by atoms with Crippen molar-refractivity contribution in [2.24, 2.45) is 0 Å². The van der Waals surface area contributed by atoms with Gasteiger partial charge in [0.1, 0.15) is 6.61 Å². The first kappa shape index (κ1) is 30.4. The van der Waals surface area contributed by atoms with Crippen molar-refractivity contribution in [2.75, 3.05) is 13.2 Å². The lowest BCUT2D eigenvalue weighted by molar-refractivity contribution is -0.161. The number of aliphatic hydroxyl groups is 1. The van der Waals surface area contributed by atoms with Gasteiger partial charge in [0, 0.05) is 12.8 Å². The van der Waals surface area contributed by atoms with E-state index in [4.69, 9.17) is 9.47 Å². The molecule has 0 amide bonds. The molecule has 0 radical (unpaired) electrons. The monoisotopic (exact) mass is 452 g/mol. The number of hydrogen-bond donors (Lipinski definition) is 1. The van der Waals surface area contributed by atoms with E-state index in [1.54, 1.807) is 0 Å². The maximum Gasteiger partial charge on any atom is 0.306 e. The van der Waals surface area contributed by atoms with Gasteiger partial charge in [-0.2, -0.15) is 0 Å². The molecule has 5 nitrogen and oxygen atoms in total. The Kier molecular flexibility index (Phi) is 22.8. The van der Waals surface area contributed by atoms with Crippen molar-refractivity contribution in [3.05, 3.63) is 24.3 Å². The first-order valence-corrected chi connectivity index (χ1v) is 12.9. The van der Waals surface area contributed by atoms with E-state index in [0.29, 0.717) is 12.8 Å². The Morgan fingerprint density at radius 1 is 0.719 bits per heavy atom. The Morgan fingerprint density at radius 2 is 1.28 bits per heavy atom. The van der Waals surface area contributed by atoms with E-state index in [9.17, 15) is 14.7 Å². The zero-order chi connectivity index (χ0) is 23.7. The standard InChI is InChI=1S/C27H48O5/c1-3-5-7-9-10-11-12-13-14-15-16-17-18-20-22-27(30)32-25(23-28)24-31-26(29)21-19-8-6-4-2/h9-10,12-13,25,28H,3-8,11,14-24H2,1-2H3/b10-9-,13-12-. The number of esters is 2. The molecule has 0 aromatic heterocycles. The fourth-order valence-electron chi connectivity index (χ4n) is 3.21. The van der Waals surface area contributed by atoms with Gasteiger partial charge in [-0.3, -0.25) is 9.59 Å². The van der Waals surface area contributed by atoms with Crippen LogP contribution >= 0.6 is 0 Å². The normalized spacial score (nSPS) is 12.5. The van der Waals surface area contributed by atoms with E-state index in [-0.39, 0.29) is 25.2 Å². The molecule has 0 saturated heterocycles. The van der Waals surface area contributed by atoms with Crippen LogP contribution in [0.1, 0.15) is 117 Å². The topological polar surface area (TPSA) is 72.8 Å². The van der Waals surface area contributed by atoms with Gasteiger partial charge in [-0.1, -0.05) is 89.5 Å². The van der Waals surface area contributed by atoms with Crippen LogP contribution in [0.25, 0.3) is 0 Å². The molecule has 0 bridgehead atoms. The van der Waals surface area contributed by atoms with Crippen LogP contribution < -0.4 is 0 Å². The van der Waals surface area contributed by atoms with Gasteiger partial charge < -0.3 is 14.6 Å². The maximum absolute atomic E-state index is 11.9. The molecule has 1 atom stereocenters. The molecular formula is C27H48O5. The Bertz CT molecular complexity index is 498. The van der Waals surface area contributed by atoms with Crippen molar-refractivity contribution in [2.45, 2.75) is 123 Å². The van der Waals surface area contributed by atoms with E-state index in [0.717, 1.165) is 57.8 Å². The number of allylic oxidation sites excluding steroid dienone is 4. The van der Waals surface area contributed by atoms with Crippen molar-refractivity contribution in [1.82, 2.24) is 0 Å². The van der Waals surface area contributed by atoms with Crippen molar-refractivity contribution >= 4 is 11.9 Å². The summed E-state index contributed by atoms with van der Waals surface area (Å²) in [5, 5.41) is 9.35. The van der Waals surface area contributed by atoms with Crippen LogP contribution in [-0.2, 0) is 19.1 Å². The molecule has 0 heterocycles. The lowest BCUT2D eigenvalue weighted by Gasteiger charge is -2.15. The second-order valence-corrected chi connectivity index (χ2v) is 8.42. The van der Waals surface area contributed by atoms with Crippen LogP contribution in [0.4, 0.5) is 0 Å². The third-order valence-electron chi connectivity index (χ3n) is 5.25. The molecule has 1 unspecified atom stereocenters. The van der Waals surface area contributed by atoms with Crippen LogP contribution in [0.3, 0.4) is 0 Å². The fraction of sp³-hybridized carbons (Fsp3) is 0.778. The minimum atomic E-state index is -0.768. The molecule has 1 N–H and O–H groups in total. The van der Waals surface area contributed by atoms with E-state index < -0.39 is 6.10 Å². The number of ether oxygens (including phenoxy) is 2. The van der Waals surface area contributed by atoms with E-state index >= 15 is 0 Å². The summed E-state index contributed by atoms with van der Waals surface area (Å²) in [6, 6.07) is 0. The van der Waals surface area contributed by atoms with Gasteiger partial charge in [0.05, 0.1) is 6.61 Å². The van der Waals surface area contributed by atoms with Gasteiger partial charge in [-0.15, -0.1) is 0 Å². The molecule has 0 rings (SSSR count). The van der Waals surface area contributed by atoms with Crippen molar-refractivity contribution < 1.29 is 24.2 Å². The van der Waals surface area contributed by atoms with Crippen LogP contribution in [0.5, 0.6) is 0 Å². The minimum Gasteiger partial charge on any atom is -0.462 e. The summed E-state index contributed by atoms with van der Waals surface area (Å²) < 4.78 is 10.3. The second kappa shape index (κ2) is 24.0. The molecular weight excluding hydrogens is 404 g/mol. The summed E-state index contributed by atoms with van der Waals surface area (Å²) in [7, 11) is 0. The predicted octanol–water partition coefficient (Wildman–Crippen LogP) is 6.83. The average molecular weight is 453 g/mol.